The van der Waals surface area contributed by atoms with Crippen LogP contribution < -0.4 is 10.1 Å². The van der Waals surface area contributed by atoms with Crippen LogP contribution in [0.5, 0.6) is 5.75 Å². The molecule has 0 spiro atoms. The summed E-state index contributed by atoms with van der Waals surface area (Å²) < 4.78 is 7.02. The second-order valence-electron chi connectivity index (χ2n) is 4.05. The van der Waals surface area contributed by atoms with Crippen LogP contribution in [0, 0.1) is 0 Å². The molecule has 0 unspecified atom stereocenters. The largest absolute Gasteiger partial charge is 0.495 e. The van der Waals surface area contributed by atoms with E-state index in [0.29, 0.717) is 5.82 Å². The number of aromatic nitrogens is 4. The first-order valence-corrected chi connectivity index (χ1v) is 5.82. The van der Waals surface area contributed by atoms with Crippen molar-refractivity contribution in [1.29, 1.82) is 0 Å². The topological polar surface area (TPSA) is 64.9 Å². The Kier molecular flexibility index (Phi) is 2.75. The van der Waals surface area contributed by atoms with Gasteiger partial charge in [0.1, 0.15) is 17.9 Å². The van der Waals surface area contributed by atoms with Crippen LogP contribution in [-0.2, 0) is 7.05 Å². The molecule has 0 bridgehead atoms. The molecule has 3 rings (SSSR count). The highest BCUT2D eigenvalue weighted by molar-refractivity contribution is 5.88. The Balaban J connectivity index is 2.06. The SMILES string of the molecule is COc1ccccc1Nc1ncnc2c1cnn2C. The second-order valence-corrected chi connectivity index (χ2v) is 4.05. The maximum atomic E-state index is 5.31. The molecule has 0 saturated carbocycles. The average Bonchev–Trinajstić information content (AvgIpc) is 2.82. The standard InChI is InChI=1S/C13H13N5O/c1-18-13-9(7-16-18)12(14-8-15-13)17-10-5-3-4-6-11(10)19-2/h3-8H,1-2H3,(H,14,15,17). The van der Waals surface area contributed by atoms with Crippen molar-refractivity contribution < 1.29 is 4.74 Å². The lowest BCUT2D eigenvalue weighted by Gasteiger charge is -2.10. The van der Waals surface area contributed by atoms with E-state index < -0.39 is 0 Å². The van der Waals surface area contributed by atoms with Crippen LogP contribution in [0.2, 0.25) is 0 Å². The molecule has 96 valence electrons. The Morgan fingerprint density at radius 3 is 2.89 bits per heavy atom. The number of hydrogen-bond donors (Lipinski definition) is 1. The summed E-state index contributed by atoms with van der Waals surface area (Å²) in [5, 5.41) is 8.31. The van der Waals surface area contributed by atoms with E-state index in [4.69, 9.17) is 4.74 Å². The first kappa shape index (κ1) is 11.5. The maximum absolute atomic E-state index is 5.31. The van der Waals surface area contributed by atoms with Crippen molar-refractivity contribution in [3.63, 3.8) is 0 Å². The average molecular weight is 255 g/mol. The Bertz CT molecular complexity index is 722. The highest BCUT2D eigenvalue weighted by Crippen LogP contribution is 2.28. The molecular formula is C13H13N5O. The number of methoxy groups -OCH3 is 1. The van der Waals surface area contributed by atoms with E-state index in [1.807, 2.05) is 31.3 Å². The van der Waals surface area contributed by atoms with Crippen LogP contribution in [0.25, 0.3) is 11.0 Å². The number of rotatable bonds is 3. The summed E-state index contributed by atoms with van der Waals surface area (Å²) in [7, 11) is 3.49. The van der Waals surface area contributed by atoms with Gasteiger partial charge in [0, 0.05) is 7.05 Å². The number of benzene rings is 1. The number of fused-ring (bicyclic) bond motifs is 1. The van der Waals surface area contributed by atoms with Crippen LogP contribution in [0.1, 0.15) is 0 Å². The van der Waals surface area contributed by atoms with Crippen molar-refractivity contribution in [3.05, 3.63) is 36.8 Å². The van der Waals surface area contributed by atoms with Gasteiger partial charge in [-0.3, -0.25) is 4.68 Å². The Morgan fingerprint density at radius 1 is 1.21 bits per heavy atom. The molecular weight excluding hydrogens is 242 g/mol. The number of nitrogens with one attached hydrogen (secondary N) is 1. The van der Waals surface area contributed by atoms with E-state index in [1.165, 1.54) is 6.33 Å². The number of nitrogens with zero attached hydrogens (tertiary/aromatic N) is 4. The van der Waals surface area contributed by atoms with Gasteiger partial charge in [-0.1, -0.05) is 12.1 Å². The van der Waals surface area contributed by atoms with Crippen molar-refractivity contribution in [2.24, 2.45) is 7.05 Å². The summed E-state index contributed by atoms with van der Waals surface area (Å²) in [6.45, 7) is 0. The second kappa shape index (κ2) is 4.56. The zero-order chi connectivity index (χ0) is 13.2. The van der Waals surface area contributed by atoms with E-state index in [0.717, 1.165) is 22.5 Å². The van der Waals surface area contributed by atoms with E-state index in [2.05, 4.69) is 20.4 Å². The van der Waals surface area contributed by atoms with Gasteiger partial charge in [0.25, 0.3) is 0 Å². The molecule has 1 N–H and O–H groups in total. The van der Waals surface area contributed by atoms with E-state index in [1.54, 1.807) is 18.0 Å². The molecule has 6 heteroatoms. The molecule has 1 aromatic carbocycles. The molecule has 6 nitrogen and oxygen atoms in total. The summed E-state index contributed by atoms with van der Waals surface area (Å²) in [5.74, 6) is 1.47. The predicted molar refractivity (Wildman–Crippen MR) is 72.6 cm³/mol. The fourth-order valence-corrected chi connectivity index (χ4v) is 1.94. The van der Waals surface area contributed by atoms with E-state index in [9.17, 15) is 0 Å². The molecule has 2 aromatic heterocycles. The molecule has 2 heterocycles. The smallest absolute Gasteiger partial charge is 0.163 e. The summed E-state index contributed by atoms with van der Waals surface area (Å²) in [6, 6.07) is 7.68. The lowest BCUT2D eigenvalue weighted by atomic mass is 10.3. The third-order valence-electron chi connectivity index (χ3n) is 2.89. The van der Waals surface area contributed by atoms with Gasteiger partial charge in [-0.2, -0.15) is 5.10 Å². The minimum absolute atomic E-state index is 0.711. The van der Waals surface area contributed by atoms with E-state index >= 15 is 0 Å². The van der Waals surface area contributed by atoms with Crippen LogP contribution in [0.4, 0.5) is 11.5 Å². The lowest BCUT2D eigenvalue weighted by molar-refractivity contribution is 0.417. The Morgan fingerprint density at radius 2 is 2.05 bits per heavy atom. The summed E-state index contributed by atoms with van der Waals surface area (Å²) >= 11 is 0. The van der Waals surface area contributed by atoms with Crippen molar-refractivity contribution >= 4 is 22.5 Å². The summed E-state index contributed by atoms with van der Waals surface area (Å²) in [5.41, 5.74) is 1.64. The van der Waals surface area contributed by atoms with Crippen LogP contribution in [0.15, 0.2) is 36.8 Å². The van der Waals surface area contributed by atoms with E-state index in [-0.39, 0.29) is 0 Å². The van der Waals surface area contributed by atoms with Crippen molar-refractivity contribution in [1.82, 2.24) is 19.7 Å². The van der Waals surface area contributed by atoms with Gasteiger partial charge in [0.05, 0.1) is 24.4 Å². The quantitative estimate of drug-likeness (QED) is 0.776. The number of aryl methyl sites for hydroxylation is 1. The first-order chi connectivity index (χ1) is 9.29. The fourth-order valence-electron chi connectivity index (χ4n) is 1.94. The van der Waals surface area contributed by atoms with Crippen LogP contribution in [-0.4, -0.2) is 26.9 Å². The lowest BCUT2D eigenvalue weighted by Crippen LogP contribution is -1.98. The number of anilines is 2. The summed E-state index contributed by atoms with van der Waals surface area (Å²) in [6.07, 6.45) is 3.26. The van der Waals surface area contributed by atoms with Crippen molar-refractivity contribution in [2.75, 3.05) is 12.4 Å². The Hall–Kier alpha value is -2.63. The number of para-hydroxylation sites is 2. The van der Waals surface area contributed by atoms with Gasteiger partial charge < -0.3 is 10.1 Å². The Labute approximate surface area is 110 Å². The number of ether oxygens (including phenoxy) is 1. The first-order valence-electron chi connectivity index (χ1n) is 5.82. The predicted octanol–water partition coefficient (Wildman–Crippen LogP) is 2.12. The van der Waals surface area contributed by atoms with Gasteiger partial charge in [-0.25, -0.2) is 9.97 Å². The molecule has 0 atom stereocenters. The molecule has 0 aliphatic rings. The third kappa shape index (κ3) is 1.97. The van der Waals surface area contributed by atoms with Gasteiger partial charge >= 0.3 is 0 Å². The molecule has 0 radical (unpaired) electrons. The number of hydrogen-bond acceptors (Lipinski definition) is 5. The zero-order valence-corrected chi connectivity index (χ0v) is 10.7. The highest BCUT2D eigenvalue weighted by Gasteiger charge is 2.09. The van der Waals surface area contributed by atoms with Crippen molar-refractivity contribution in [3.8, 4) is 5.75 Å². The van der Waals surface area contributed by atoms with Gasteiger partial charge in [0.2, 0.25) is 0 Å². The normalized spacial score (nSPS) is 10.6. The molecule has 19 heavy (non-hydrogen) atoms. The van der Waals surface area contributed by atoms with Crippen LogP contribution >= 0.6 is 0 Å². The molecule has 0 amide bonds. The molecule has 3 aromatic rings. The van der Waals surface area contributed by atoms with Gasteiger partial charge in [0.15, 0.2) is 5.65 Å². The minimum atomic E-state index is 0.711. The zero-order valence-electron chi connectivity index (χ0n) is 10.7. The monoisotopic (exact) mass is 255 g/mol. The van der Waals surface area contributed by atoms with Crippen LogP contribution in [0.3, 0.4) is 0 Å². The van der Waals surface area contributed by atoms with Gasteiger partial charge in [-0.05, 0) is 12.1 Å². The molecule has 0 saturated heterocycles. The fraction of sp³-hybridized carbons (Fsp3) is 0.154. The summed E-state index contributed by atoms with van der Waals surface area (Å²) in [4.78, 5) is 8.46. The molecule has 0 aliphatic heterocycles. The molecule has 0 fully saturated rings. The molecule has 0 aliphatic carbocycles. The third-order valence-corrected chi connectivity index (χ3v) is 2.89. The highest BCUT2D eigenvalue weighted by atomic mass is 16.5. The minimum Gasteiger partial charge on any atom is -0.495 e. The van der Waals surface area contributed by atoms with Gasteiger partial charge in [-0.15, -0.1) is 0 Å². The maximum Gasteiger partial charge on any atom is 0.163 e. The van der Waals surface area contributed by atoms with Crippen molar-refractivity contribution in [2.45, 2.75) is 0 Å².